The molecule has 0 atom stereocenters. The number of benzene rings is 1. The molecule has 0 radical (unpaired) electrons. The molecular weight excluding hydrogens is 286 g/mol. The molecule has 0 aliphatic carbocycles. The van der Waals surface area contributed by atoms with Crippen molar-refractivity contribution in [1.82, 2.24) is 9.97 Å². The van der Waals surface area contributed by atoms with Gasteiger partial charge in [-0.05, 0) is 22.0 Å². The quantitative estimate of drug-likeness (QED) is 0.904. The van der Waals surface area contributed by atoms with Crippen molar-refractivity contribution in [2.45, 2.75) is 6.54 Å². The van der Waals surface area contributed by atoms with E-state index in [9.17, 15) is 4.79 Å². The summed E-state index contributed by atoms with van der Waals surface area (Å²) in [7, 11) is 0. The summed E-state index contributed by atoms with van der Waals surface area (Å²) >= 11 is 3.12. The van der Waals surface area contributed by atoms with Crippen LogP contribution in [-0.2, 0) is 6.54 Å². The zero-order valence-corrected chi connectivity index (χ0v) is 10.4. The number of nitrogens with two attached hydrogens (primary N) is 1. The number of nitrogens with zero attached hydrogens (tertiary/aromatic N) is 1. The van der Waals surface area contributed by atoms with Gasteiger partial charge in [-0.3, -0.25) is 4.79 Å². The first-order valence-electron chi connectivity index (χ1n) is 4.91. The Labute approximate surface area is 106 Å². The number of ether oxygens (including phenoxy) is 1. The third-order valence-electron chi connectivity index (χ3n) is 2.16. The molecule has 0 saturated carbocycles. The van der Waals surface area contributed by atoms with Crippen molar-refractivity contribution in [3.8, 4) is 11.6 Å². The number of para-hydroxylation sites is 1. The molecule has 0 fully saturated rings. The van der Waals surface area contributed by atoms with E-state index in [0.717, 1.165) is 5.56 Å². The summed E-state index contributed by atoms with van der Waals surface area (Å²) in [5.74, 6) is 0.809. The molecule has 0 unspecified atom stereocenters. The van der Waals surface area contributed by atoms with Crippen molar-refractivity contribution in [2.24, 2.45) is 5.73 Å². The molecule has 0 spiro atoms. The van der Waals surface area contributed by atoms with Gasteiger partial charge in [0.15, 0.2) is 0 Å². The highest BCUT2D eigenvalue weighted by Gasteiger charge is 2.09. The molecule has 0 saturated heterocycles. The summed E-state index contributed by atoms with van der Waals surface area (Å²) in [6.45, 7) is 0.358. The van der Waals surface area contributed by atoms with Crippen LogP contribution < -0.4 is 16.0 Å². The van der Waals surface area contributed by atoms with Crippen molar-refractivity contribution in [2.75, 3.05) is 0 Å². The van der Waals surface area contributed by atoms with E-state index in [1.165, 1.54) is 6.33 Å². The average molecular weight is 296 g/mol. The maximum atomic E-state index is 11.3. The van der Waals surface area contributed by atoms with Crippen molar-refractivity contribution in [3.05, 3.63) is 51.0 Å². The molecule has 6 heteroatoms. The Bertz CT molecular complexity index is 583. The van der Waals surface area contributed by atoms with Crippen LogP contribution in [0.25, 0.3) is 0 Å². The minimum Gasteiger partial charge on any atom is -0.437 e. The highest BCUT2D eigenvalue weighted by Crippen LogP contribution is 2.26. The van der Waals surface area contributed by atoms with Gasteiger partial charge in [-0.15, -0.1) is 0 Å². The summed E-state index contributed by atoms with van der Waals surface area (Å²) in [5, 5.41) is 0. The lowest BCUT2D eigenvalue weighted by Crippen LogP contribution is -2.09. The number of aromatic amines is 1. The Balaban J connectivity index is 2.38. The van der Waals surface area contributed by atoms with E-state index >= 15 is 0 Å². The molecule has 1 heterocycles. The normalized spacial score (nSPS) is 10.2. The number of nitrogens with one attached hydrogen (secondary N) is 1. The largest absolute Gasteiger partial charge is 0.437 e. The number of H-pyrrole nitrogens is 1. The van der Waals surface area contributed by atoms with Crippen LogP contribution in [0.3, 0.4) is 0 Å². The van der Waals surface area contributed by atoms with E-state index in [2.05, 4.69) is 25.9 Å². The molecule has 0 aliphatic rings. The van der Waals surface area contributed by atoms with Gasteiger partial charge in [0.1, 0.15) is 10.2 Å². The first kappa shape index (κ1) is 11.8. The number of hydrogen-bond acceptors (Lipinski definition) is 4. The summed E-state index contributed by atoms with van der Waals surface area (Å²) in [6.07, 6.45) is 1.29. The minimum atomic E-state index is -0.291. The number of aromatic nitrogens is 2. The summed E-state index contributed by atoms with van der Waals surface area (Å²) in [4.78, 5) is 17.7. The van der Waals surface area contributed by atoms with Crippen LogP contribution in [0.5, 0.6) is 11.6 Å². The Kier molecular flexibility index (Phi) is 3.55. The van der Waals surface area contributed by atoms with E-state index in [1.807, 2.05) is 18.2 Å². The molecule has 1 aromatic heterocycles. The standard InChI is InChI=1S/C11H10BrN3O2/c12-9-10(16)14-6-15-11(9)17-8-4-2-1-3-7(8)5-13/h1-4,6H,5,13H2,(H,14,15,16). The van der Waals surface area contributed by atoms with Gasteiger partial charge in [-0.1, -0.05) is 18.2 Å². The maximum Gasteiger partial charge on any atom is 0.268 e. The van der Waals surface area contributed by atoms with Crippen LogP contribution in [0.15, 0.2) is 39.9 Å². The topological polar surface area (TPSA) is 81.0 Å². The first-order chi connectivity index (χ1) is 8.22. The SMILES string of the molecule is NCc1ccccc1Oc1nc[nH]c(=O)c1Br. The fourth-order valence-electron chi connectivity index (χ4n) is 1.31. The predicted molar refractivity (Wildman–Crippen MR) is 67.0 cm³/mol. The Morgan fingerprint density at radius 2 is 2.18 bits per heavy atom. The van der Waals surface area contributed by atoms with Gasteiger partial charge < -0.3 is 15.5 Å². The van der Waals surface area contributed by atoms with Crippen LogP contribution >= 0.6 is 15.9 Å². The van der Waals surface area contributed by atoms with Crippen LogP contribution in [0.1, 0.15) is 5.56 Å². The van der Waals surface area contributed by atoms with Crippen LogP contribution in [-0.4, -0.2) is 9.97 Å². The van der Waals surface area contributed by atoms with E-state index in [0.29, 0.717) is 12.3 Å². The highest BCUT2D eigenvalue weighted by molar-refractivity contribution is 9.10. The van der Waals surface area contributed by atoms with Crippen molar-refractivity contribution < 1.29 is 4.74 Å². The molecule has 0 aliphatic heterocycles. The van der Waals surface area contributed by atoms with E-state index < -0.39 is 0 Å². The van der Waals surface area contributed by atoms with Crippen molar-refractivity contribution >= 4 is 15.9 Å². The molecule has 88 valence electrons. The number of rotatable bonds is 3. The van der Waals surface area contributed by atoms with Gasteiger partial charge in [0.05, 0.1) is 6.33 Å². The second-order valence-electron chi connectivity index (χ2n) is 3.26. The molecule has 3 N–H and O–H groups in total. The monoisotopic (exact) mass is 295 g/mol. The van der Waals surface area contributed by atoms with Crippen LogP contribution in [0.4, 0.5) is 0 Å². The average Bonchev–Trinajstić information content (AvgIpc) is 2.35. The van der Waals surface area contributed by atoms with Crippen LogP contribution in [0.2, 0.25) is 0 Å². The zero-order valence-electron chi connectivity index (χ0n) is 8.81. The highest BCUT2D eigenvalue weighted by atomic mass is 79.9. The molecule has 0 bridgehead atoms. The summed E-state index contributed by atoms with van der Waals surface area (Å²) in [6, 6.07) is 7.33. The molecule has 2 rings (SSSR count). The predicted octanol–water partition coefficient (Wildman–Crippen LogP) is 1.78. The van der Waals surface area contributed by atoms with Crippen molar-refractivity contribution in [1.29, 1.82) is 0 Å². The van der Waals surface area contributed by atoms with E-state index in [-0.39, 0.29) is 15.9 Å². The lowest BCUT2D eigenvalue weighted by atomic mass is 10.2. The molecule has 0 amide bonds. The van der Waals surface area contributed by atoms with Gasteiger partial charge in [0.2, 0.25) is 5.88 Å². The molecular formula is C11H10BrN3O2. The number of hydrogen-bond donors (Lipinski definition) is 2. The van der Waals surface area contributed by atoms with Gasteiger partial charge in [-0.25, -0.2) is 4.98 Å². The smallest absolute Gasteiger partial charge is 0.268 e. The molecule has 5 nitrogen and oxygen atoms in total. The molecule has 2 aromatic rings. The van der Waals surface area contributed by atoms with E-state index in [4.69, 9.17) is 10.5 Å². The Morgan fingerprint density at radius 3 is 2.94 bits per heavy atom. The van der Waals surface area contributed by atoms with Gasteiger partial charge >= 0.3 is 0 Å². The minimum absolute atomic E-state index is 0.217. The maximum absolute atomic E-state index is 11.3. The Hall–Kier alpha value is -1.66. The third kappa shape index (κ3) is 2.54. The fourth-order valence-corrected chi connectivity index (χ4v) is 1.61. The fraction of sp³-hybridized carbons (Fsp3) is 0.0909. The second kappa shape index (κ2) is 5.11. The van der Waals surface area contributed by atoms with Gasteiger partial charge in [0.25, 0.3) is 5.56 Å². The van der Waals surface area contributed by atoms with E-state index in [1.54, 1.807) is 6.07 Å². The third-order valence-corrected chi connectivity index (χ3v) is 2.86. The summed E-state index contributed by atoms with van der Waals surface area (Å²) in [5.41, 5.74) is 6.15. The van der Waals surface area contributed by atoms with Crippen molar-refractivity contribution in [3.63, 3.8) is 0 Å². The zero-order chi connectivity index (χ0) is 12.3. The Morgan fingerprint density at radius 1 is 1.41 bits per heavy atom. The second-order valence-corrected chi connectivity index (χ2v) is 4.06. The first-order valence-corrected chi connectivity index (χ1v) is 5.70. The van der Waals surface area contributed by atoms with Gasteiger partial charge in [-0.2, -0.15) is 0 Å². The number of halogens is 1. The van der Waals surface area contributed by atoms with Crippen LogP contribution in [0, 0.1) is 0 Å². The molecule has 1 aromatic carbocycles. The van der Waals surface area contributed by atoms with Gasteiger partial charge in [0, 0.05) is 12.1 Å². The lowest BCUT2D eigenvalue weighted by Gasteiger charge is -2.09. The summed E-state index contributed by atoms with van der Waals surface area (Å²) < 4.78 is 5.81. The molecule has 17 heavy (non-hydrogen) atoms. The lowest BCUT2D eigenvalue weighted by molar-refractivity contribution is 0.451.